The maximum absolute atomic E-state index is 13.1. The van der Waals surface area contributed by atoms with Crippen LogP contribution in [0.15, 0.2) is 12.1 Å². The summed E-state index contributed by atoms with van der Waals surface area (Å²) in [4.78, 5) is 17.5. The summed E-state index contributed by atoms with van der Waals surface area (Å²) in [6.07, 6.45) is 3.39. The molecule has 1 saturated carbocycles. The molecular formula is C23H34N2O5. The Labute approximate surface area is 178 Å². The topological polar surface area (TPSA) is 71.5 Å². The zero-order valence-electron chi connectivity index (χ0n) is 18.5. The molecule has 7 nitrogen and oxygen atoms in total. The van der Waals surface area contributed by atoms with E-state index in [1.807, 2.05) is 30.9 Å². The van der Waals surface area contributed by atoms with Crippen molar-refractivity contribution >= 4 is 5.91 Å². The predicted octanol–water partition coefficient (Wildman–Crippen LogP) is 2.65. The van der Waals surface area contributed by atoms with Gasteiger partial charge in [0, 0.05) is 25.6 Å². The molecule has 3 atom stereocenters. The molecule has 1 N–H and O–H groups in total. The van der Waals surface area contributed by atoms with Gasteiger partial charge in [0.25, 0.3) is 0 Å². The molecule has 30 heavy (non-hydrogen) atoms. The van der Waals surface area contributed by atoms with Crippen molar-refractivity contribution in [2.45, 2.75) is 51.9 Å². The van der Waals surface area contributed by atoms with Crippen LogP contribution in [-0.4, -0.2) is 73.4 Å². The lowest BCUT2D eigenvalue weighted by Crippen LogP contribution is -2.49. The van der Waals surface area contributed by atoms with Gasteiger partial charge in [-0.25, -0.2) is 0 Å². The molecule has 2 heterocycles. The van der Waals surface area contributed by atoms with Crippen LogP contribution in [0, 0.1) is 11.3 Å². The molecule has 7 heteroatoms. The molecule has 1 amide bonds. The Morgan fingerprint density at radius 1 is 1.13 bits per heavy atom. The average molecular weight is 419 g/mol. The van der Waals surface area contributed by atoms with Crippen molar-refractivity contribution < 1.29 is 24.1 Å². The first-order valence-electron chi connectivity index (χ1n) is 11.0. The third-order valence-corrected chi connectivity index (χ3v) is 7.02. The molecule has 1 aromatic carbocycles. The minimum absolute atomic E-state index is 0.0347. The monoisotopic (exact) mass is 418 g/mol. The van der Waals surface area contributed by atoms with E-state index in [1.165, 1.54) is 0 Å². The third-order valence-electron chi connectivity index (χ3n) is 7.02. The van der Waals surface area contributed by atoms with E-state index in [0.29, 0.717) is 30.5 Å². The maximum Gasteiger partial charge on any atom is 0.226 e. The zero-order valence-corrected chi connectivity index (χ0v) is 18.5. The number of aromatic hydroxyl groups is 1. The number of methoxy groups -OCH3 is 2. The van der Waals surface area contributed by atoms with Crippen molar-refractivity contribution in [3.05, 3.63) is 17.7 Å². The summed E-state index contributed by atoms with van der Waals surface area (Å²) in [5.41, 5.74) is 1.25. The number of ether oxygens (including phenoxy) is 3. The molecule has 2 aliphatic heterocycles. The number of phenols is 1. The Morgan fingerprint density at radius 3 is 2.23 bits per heavy atom. The van der Waals surface area contributed by atoms with Gasteiger partial charge in [-0.15, -0.1) is 0 Å². The van der Waals surface area contributed by atoms with Crippen molar-refractivity contribution in [1.29, 1.82) is 0 Å². The second kappa shape index (κ2) is 8.27. The van der Waals surface area contributed by atoms with Gasteiger partial charge in [-0.1, -0.05) is 0 Å². The van der Waals surface area contributed by atoms with Crippen molar-refractivity contribution in [3.63, 3.8) is 0 Å². The van der Waals surface area contributed by atoms with Crippen LogP contribution < -0.4 is 9.47 Å². The van der Waals surface area contributed by atoms with Gasteiger partial charge in [-0.05, 0) is 69.3 Å². The highest BCUT2D eigenvalue weighted by Crippen LogP contribution is 2.60. The Morgan fingerprint density at radius 2 is 1.70 bits per heavy atom. The third kappa shape index (κ3) is 4.10. The number of amides is 1. The fraction of sp³-hybridized carbons (Fsp3) is 0.696. The molecule has 1 aliphatic carbocycles. The highest BCUT2D eigenvalue weighted by molar-refractivity contribution is 5.83. The number of rotatable bonds is 5. The number of nitrogens with zero attached hydrogens (tertiary/aromatic N) is 2. The van der Waals surface area contributed by atoms with E-state index in [1.54, 1.807) is 14.2 Å². The number of benzene rings is 1. The number of likely N-dealkylation sites (tertiary alicyclic amines) is 1. The summed E-state index contributed by atoms with van der Waals surface area (Å²) < 4.78 is 16.3. The number of hydrogen-bond acceptors (Lipinski definition) is 6. The van der Waals surface area contributed by atoms with E-state index >= 15 is 0 Å². The van der Waals surface area contributed by atoms with Gasteiger partial charge in [0.2, 0.25) is 11.7 Å². The average Bonchev–Trinajstić information content (AvgIpc) is 3.43. The number of carbonyl (C=O) groups is 1. The van der Waals surface area contributed by atoms with Crippen molar-refractivity contribution in [3.8, 4) is 17.2 Å². The highest BCUT2D eigenvalue weighted by atomic mass is 16.5. The van der Waals surface area contributed by atoms with E-state index in [0.717, 1.165) is 44.5 Å². The molecule has 166 valence electrons. The minimum Gasteiger partial charge on any atom is -0.502 e. The molecule has 0 aromatic heterocycles. The van der Waals surface area contributed by atoms with Crippen LogP contribution >= 0.6 is 0 Å². The number of phenolic OH excluding ortho intramolecular Hbond substituents is 1. The van der Waals surface area contributed by atoms with Crippen LogP contribution in [0.2, 0.25) is 0 Å². The lowest BCUT2D eigenvalue weighted by molar-refractivity contribution is -0.145. The van der Waals surface area contributed by atoms with E-state index in [4.69, 9.17) is 14.2 Å². The Bertz CT molecular complexity index is 755. The Balaban J connectivity index is 1.33. The minimum atomic E-state index is 0.0347. The van der Waals surface area contributed by atoms with Crippen molar-refractivity contribution in [1.82, 2.24) is 9.80 Å². The number of hydrogen-bond donors (Lipinski definition) is 1. The van der Waals surface area contributed by atoms with Crippen molar-refractivity contribution in [2.75, 3.05) is 40.4 Å². The van der Waals surface area contributed by atoms with Gasteiger partial charge in [0.05, 0.1) is 26.4 Å². The summed E-state index contributed by atoms with van der Waals surface area (Å²) in [6.45, 7) is 8.25. The van der Waals surface area contributed by atoms with Crippen LogP contribution in [0.3, 0.4) is 0 Å². The van der Waals surface area contributed by atoms with Gasteiger partial charge < -0.3 is 24.2 Å². The van der Waals surface area contributed by atoms with Crippen LogP contribution in [0.4, 0.5) is 0 Å². The van der Waals surface area contributed by atoms with Gasteiger partial charge in [0.15, 0.2) is 11.5 Å². The molecule has 1 aromatic rings. The van der Waals surface area contributed by atoms with Gasteiger partial charge in [-0.3, -0.25) is 9.69 Å². The fourth-order valence-corrected chi connectivity index (χ4v) is 5.28. The smallest absolute Gasteiger partial charge is 0.226 e. The number of piperidine rings is 1. The second-order valence-corrected chi connectivity index (χ2v) is 9.24. The van der Waals surface area contributed by atoms with Crippen LogP contribution in [0.1, 0.15) is 38.7 Å². The first-order chi connectivity index (χ1) is 14.3. The molecular weight excluding hydrogens is 384 g/mol. The largest absolute Gasteiger partial charge is 0.502 e. The van der Waals surface area contributed by atoms with E-state index in [9.17, 15) is 9.90 Å². The van der Waals surface area contributed by atoms with Crippen LogP contribution in [0.5, 0.6) is 17.2 Å². The summed E-state index contributed by atoms with van der Waals surface area (Å²) in [7, 11) is 3.09. The normalized spacial score (nSPS) is 28.4. The molecule has 2 saturated heterocycles. The molecule has 1 spiro atoms. The quantitative estimate of drug-likeness (QED) is 0.793. The first kappa shape index (κ1) is 21.2. The number of morpholine rings is 1. The molecule has 3 aliphatic rings. The SMILES string of the molecule is COc1cc(CN2CCC3(CC2)CC3C(=O)N2C[C@@H](C)O[C@@H](C)C2)cc(OC)c1O. The van der Waals surface area contributed by atoms with E-state index in [2.05, 4.69) is 4.90 Å². The van der Waals surface area contributed by atoms with Gasteiger partial charge >= 0.3 is 0 Å². The molecule has 1 unspecified atom stereocenters. The van der Waals surface area contributed by atoms with Crippen LogP contribution in [0.25, 0.3) is 0 Å². The van der Waals surface area contributed by atoms with Gasteiger partial charge in [-0.2, -0.15) is 0 Å². The second-order valence-electron chi connectivity index (χ2n) is 9.24. The van der Waals surface area contributed by atoms with Crippen molar-refractivity contribution in [2.24, 2.45) is 11.3 Å². The van der Waals surface area contributed by atoms with Gasteiger partial charge in [0.1, 0.15) is 0 Å². The summed E-state index contributed by atoms with van der Waals surface area (Å²) in [6, 6.07) is 3.74. The van der Waals surface area contributed by atoms with E-state index in [-0.39, 0.29) is 29.3 Å². The fourth-order valence-electron chi connectivity index (χ4n) is 5.28. The first-order valence-corrected chi connectivity index (χ1v) is 11.0. The lowest BCUT2D eigenvalue weighted by Gasteiger charge is -2.37. The standard InChI is InChI=1S/C23H34N2O5/c1-15-12-25(13-16(2)30-15)22(27)18-11-23(18)5-7-24(8-6-23)14-17-9-19(28-3)21(26)20(10-17)29-4/h9-10,15-16,18,26H,5-8,11-14H2,1-4H3/t15-,16+,18?. The summed E-state index contributed by atoms with van der Waals surface area (Å²) >= 11 is 0. The Hall–Kier alpha value is -1.99. The molecule has 0 bridgehead atoms. The molecule has 4 rings (SSSR count). The molecule has 3 fully saturated rings. The zero-order chi connectivity index (χ0) is 21.5. The maximum atomic E-state index is 13.1. The lowest BCUT2D eigenvalue weighted by atomic mass is 9.90. The number of carbonyl (C=O) groups excluding carboxylic acids is 1. The predicted molar refractivity (Wildman–Crippen MR) is 113 cm³/mol. The van der Waals surface area contributed by atoms with E-state index < -0.39 is 0 Å². The van der Waals surface area contributed by atoms with Crippen LogP contribution in [-0.2, 0) is 16.1 Å². The summed E-state index contributed by atoms with van der Waals surface area (Å²) in [5, 5.41) is 10.1. The molecule has 0 radical (unpaired) electrons. The summed E-state index contributed by atoms with van der Waals surface area (Å²) in [5.74, 6) is 1.41. The Kier molecular flexibility index (Phi) is 5.86. The highest BCUT2D eigenvalue weighted by Gasteiger charge is 2.59.